The highest BCUT2D eigenvalue weighted by atomic mass is 127. The van der Waals surface area contributed by atoms with Crippen LogP contribution in [0.25, 0.3) is 11.0 Å². The molecule has 3 heteroatoms. The van der Waals surface area contributed by atoms with Crippen LogP contribution in [0.2, 0.25) is 0 Å². The molecule has 1 aromatic heterocycles. The van der Waals surface area contributed by atoms with Crippen molar-refractivity contribution >= 4 is 33.6 Å². The van der Waals surface area contributed by atoms with Gasteiger partial charge in [-0.05, 0) is 30.4 Å². The first-order chi connectivity index (χ1) is 9.10. The topological polar surface area (TPSA) is 25.8 Å². The lowest BCUT2D eigenvalue weighted by Crippen LogP contribution is -2.36. The van der Waals surface area contributed by atoms with Crippen molar-refractivity contribution in [2.45, 2.75) is 38.0 Å². The van der Waals surface area contributed by atoms with Crippen molar-refractivity contribution in [1.82, 2.24) is 9.97 Å². The van der Waals surface area contributed by atoms with Crippen LogP contribution in [0, 0.1) is 5.41 Å². The van der Waals surface area contributed by atoms with Gasteiger partial charge in [0.1, 0.15) is 0 Å². The van der Waals surface area contributed by atoms with E-state index >= 15 is 0 Å². The number of para-hydroxylation sites is 2. The number of benzene rings is 1. The van der Waals surface area contributed by atoms with Gasteiger partial charge in [-0.1, -0.05) is 48.6 Å². The fourth-order valence-electron chi connectivity index (χ4n) is 4.15. The van der Waals surface area contributed by atoms with E-state index in [4.69, 9.17) is 9.97 Å². The van der Waals surface area contributed by atoms with Crippen molar-refractivity contribution in [1.29, 1.82) is 0 Å². The van der Waals surface area contributed by atoms with Gasteiger partial charge < -0.3 is 0 Å². The second-order valence-corrected chi connectivity index (χ2v) is 7.18. The zero-order valence-electron chi connectivity index (χ0n) is 11.3. The van der Waals surface area contributed by atoms with Gasteiger partial charge in [-0.3, -0.25) is 0 Å². The van der Waals surface area contributed by atoms with Crippen molar-refractivity contribution in [2.24, 2.45) is 5.41 Å². The minimum Gasteiger partial charge on any atom is -0.249 e. The predicted molar refractivity (Wildman–Crippen MR) is 85.9 cm³/mol. The first kappa shape index (κ1) is 12.1. The van der Waals surface area contributed by atoms with Crippen molar-refractivity contribution in [2.75, 3.05) is 4.43 Å². The zero-order chi connectivity index (χ0) is 13.3. The van der Waals surface area contributed by atoms with E-state index in [1.54, 1.807) is 0 Å². The van der Waals surface area contributed by atoms with Gasteiger partial charge in [-0.25, -0.2) is 9.97 Å². The number of nitrogens with zero attached hydrogens (tertiary/aromatic N) is 2. The van der Waals surface area contributed by atoms with Gasteiger partial charge in [0.05, 0.1) is 22.4 Å². The van der Waals surface area contributed by atoms with Gasteiger partial charge >= 0.3 is 0 Å². The van der Waals surface area contributed by atoms with Crippen LogP contribution in [-0.4, -0.2) is 14.4 Å². The summed E-state index contributed by atoms with van der Waals surface area (Å²) in [6.07, 6.45) is 2.53. The van der Waals surface area contributed by atoms with Crippen LogP contribution in [0.3, 0.4) is 0 Å². The zero-order valence-corrected chi connectivity index (χ0v) is 13.4. The summed E-state index contributed by atoms with van der Waals surface area (Å²) in [6, 6.07) is 8.27. The minimum atomic E-state index is 0.214. The molecule has 98 valence electrons. The summed E-state index contributed by atoms with van der Waals surface area (Å²) in [6.45, 7) is 4.84. The lowest BCUT2D eigenvalue weighted by Gasteiger charge is -2.36. The SMILES string of the molecule is C[C@@]12CC[C@H](c3nc4ccccc4nc31)[C@@]2(C)CI. The molecule has 2 aliphatic carbocycles. The number of hydrogen-bond donors (Lipinski definition) is 0. The third-order valence-corrected chi connectivity index (χ3v) is 7.28. The molecule has 2 bridgehead atoms. The Morgan fingerprint density at radius 3 is 2.58 bits per heavy atom. The number of aromatic nitrogens is 2. The van der Waals surface area contributed by atoms with Gasteiger partial charge in [-0.2, -0.15) is 0 Å². The summed E-state index contributed by atoms with van der Waals surface area (Å²) in [5.74, 6) is 0.599. The molecule has 0 saturated heterocycles. The number of fused-ring (bicyclic) bond motifs is 6. The average Bonchev–Trinajstić information content (AvgIpc) is 2.80. The fraction of sp³-hybridized carbons (Fsp3) is 0.500. The van der Waals surface area contributed by atoms with Crippen LogP contribution < -0.4 is 0 Å². The molecule has 0 radical (unpaired) electrons. The Hall–Kier alpha value is -0.710. The van der Waals surface area contributed by atoms with Crippen LogP contribution in [0.15, 0.2) is 24.3 Å². The molecular formula is C16H17IN2. The van der Waals surface area contributed by atoms with Gasteiger partial charge in [0.25, 0.3) is 0 Å². The van der Waals surface area contributed by atoms with E-state index in [0.717, 1.165) is 11.0 Å². The smallest absolute Gasteiger partial charge is 0.0890 e. The van der Waals surface area contributed by atoms with E-state index in [-0.39, 0.29) is 5.41 Å². The molecule has 0 spiro atoms. The Balaban J connectivity index is 2.05. The maximum atomic E-state index is 4.99. The maximum Gasteiger partial charge on any atom is 0.0890 e. The van der Waals surface area contributed by atoms with Crippen molar-refractivity contribution in [3.8, 4) is 0 Å². The van der Waals surface area contributed by atoms with E-state index in [1.807, 2.05) is 0 Å². The Labute approximate surface area is 127 Å². The first-order valence-electron chi connectivity index (χ1n) is 6.93. The molecule has 2 aromatic rings. The average molecular weight is 364 g/mol. The van der Waals surface area contributed by atoms with Gasteiger partial charge in [-0.15, -0.1) is 0 Å². The highest BCUT2D eigenvalue weighted by molar-refractivity contribution is 14.1. The molecule has 2 aliphatic rings. The molecule has 1 fully saturated rings. The molecule has 0 aliphatic heterocycles. The van der Waals surface area contributed by atoms with E-state index in [1.165, 1.54) is 28.7 Å². The quantitative estimate of drug-likeness (QED) is 0.559. The van der Waals surface area contributed by atoms with E-state index in [0.29, 0.717) is 11.3 Å². The summed E-state index contributed by atoms with van der Waals surface area (Å²) < 4.78 is 1.18. The molecule has 3 atom stereocenters. The summed E-state index contributed by atoms with van der Waals surface area (Å²) in [4.78, 5) is 9.95. The number of rotatable bonds is 1. The Bertz CT molecular complexity index is 684. The summed E-state index contributed by atoms with van der Waals surface area (Å²) >= 11 is 2.55. The third kappa shape index (κ3) is 1.28. The summed E-state index contributed by atoms with van der Waals surface area (Å²) in [5.41, 5.74) is 5.20. The molecule has 0 N–H and O–H groups in total. The molecule has 1 saturated carbocycles. The molecular weight excluding hydrogens is 347 g/mol. The molecule has 0 amide bonds. The van der Waals surface area contributed by atoms with Crippen molar-refractivity contribution in [3.63, 3.8) is 0 Å². The van der Waals surface area contributed by atoms with Crippen LogP contribution in [0.1, 0.15) is 44.0 Å². The Morgan fingerprint density at radius 1 is 1.21 bits per heavy atom. The fourth-order valence-corrected chi connectivity index (χ4v) is 5.53. The normalized spacial score (nSPS) is 35.8. The predicted octanol–water partition coefficient (Wildman–Crippen LogP) is 4.22. The van der Waals surface area contributed by atoms with Crippen LogP contribution in [-0.2, 0) is 5.41 Å². The van der Waals surface area contributed by atoms with Crippen LogP contribution in [0.5, 0.6) is 0 Å². The largest absolute Gasteiger partial charge is 0.249 e. The molecule has 4 rings (SSSR count). The first-order valence-corrected chi connectivity index (χ1v) is 8.46. The number of halogens is 1. The van der Waals surface area contributed by atoms with Gasteiger partial charge in [0.2, 0.25) is 0 Å². The molecule has 19 heavy (non-hydrogen) atoms. The van der Waals surface area contributed by atoms with Crippen LogP contribution in [0.4, 0.5) is 0 Å². The van der Waals surface area contributed by atoms with Crippen LogP contribution >= 0.6 is 22.6 Å². The molecule has 1 aromatic carbocycles. The lowest BCUT2D eigenvalue weighted by molar-refractivity contribution is 0.239. The third-order valence-electron chi connectivity index (χ3n) is 5.69. The summed E-state index contributed by atoms with van der Waals surface area (Å²) in [7, 11) is 0. The monoisotopic (exact) mass is 364 g/mol. The van der Waals surface area contributed by atoms with Crippen molar-refractivity contribution < 1.29 is 0 Å². The van der Waals surface area contributed by atoms with Gasteiger partial charge in [0.15, 0.2) is 0 Å². The number of hydrogen-bond acceptors (Lipinski definition) is 2. The molecule has 1 heterocycles. The maximum absolute atomic E-state index is 4.99. The number of alkyl halides is 1. The van der Waals surface area contributed by atoms with Gasteiger partial charge in [0, 0.05) is 15.8 Å². The second-order valence-electron chi connectivity index (χ2n) is 6.42. The van der Waals surface area contributed by atoms with Crippen molar-refractivity contribution in [3.05, 3.63) is 35.7 Å². The minimum absolute atomic E-state index is 0.214. The Kier molecular flexibility index (Phi) is 2.34. The van der Waals surface area contributed by atoms with E-state index < -0.39 is 0 Å². The second kappa shape index (κ2) is 3.68. The lowest BCUT2D eigenvalue weighted by atomic mass is 9.70. The highest BCUT2D eigenvalue weighted by Gasteiger charge is 2.63. The Morgan fingerprint density at radius 2 is 1.89 bits per heavy atom. The molecule has 0 unspecified atom stereocenters. The standard InChI is InChI=1S/C16H17IN2/c1-15-8-7-10(16(15,2)9-17)13-14(15)19-12-6-4-3-5-11(12)18-13/h3-6,10H,7-9H2,1-2H3/t10-,15-,16-/m1/s1. The van der Waals surface area contributed by atoms with E-state index in [9.17, 15) is 0 Å². The molecule has 2 nitrogen and oxygen atoms in total. The van der Waals surface area contributed by atoms with E-state index in [2.05, 4.69) is 60.7 Å². The highest BCUT2D eigenvalue weighted by Crippen LogP contribution is 2.67. The summed E-state index contributed by atoms with van der Waals surface area (Å²) in [5, 5.41) is 0.